The highest BCUT2D eigenvalue weighted by molar-refractivity contribution is 5.95. The number of carbonyl (C=O) groups is 1. The van der Waals surface area contributed by atoms with Crippen molar-refractivity contribution in [2.24, 2.45) is 0 Å². The van der Waals surface area contributed by atoms with E-state index in [2.05, 4.69) is 9.88 Å². The number of ether oxygens (including phenoxy) is 1. The molecule has 2 aliphatic rings. The smallest absolute Gasteiger partial charge is 0.255 e. The van der Waals surface area contributed by atoms with Crippen LogP contribution in [0.25, 0.3) is 0 Å². The predicted octanol–water partition coefficient (Wildman–Crippen LogP) is 0.870. The van der Waals surface area contributed by atoms with E-state index in [-0.39, 0.29) is 5.91 Å². The number of hydrogen-bond acceptors (Lipinski definition) is 3. The molecule has 1 N–H and O–H groups in total. The number of H-pyrrole nitrogens is 1. The third-order valence-corrected chi connectivity index (χ3v) is 4.21. The minimum Gasteiger partial charge on any atom is -0.380 e. The number of rotatable bonds is 2. The van der Waals surface area contributed by atoms with Gasteiger partial charge < -0.3 is 14.6 Å². The lowest BCUT2D eigenvalue weighted by molar-refractivity contribution is 0.0549. The summed E-state index contributed by atoms with van der Waals surface area (Å²) in [6.07, 6.45) is 2.96. The van der Waals surface area contributed by atoms with Gasteiger partial charge in [0, 0.05) is 50.7 Å². The minimum absolute atomic E-state index is 0.154. The van der Waals surface area contributed by atoms with E-state index < -0.39 is 0 Å². The largest absolute Gasteiger partial charge is 0.380 e. The molecule has 1 aromatic rings. The summed E-state index contributed by atoms with van der Waals surface area (Å²) in [7, 11) is 0. The summed E-state index contributed by atoms with van der Waals surface area (Å²) in [4.78, 5) is 19.9. The second kappa shape index (κ2) is 5.35. The average Bonchev–Trinajstić information content (AvgIpc) is 3.09. The molecule has 5 nitrogen and oxygen atoms in total. The van der Waals surface area contributed by atoms with Crippen LogP contribution in [0.2, 0.25) is 0 Å². The van der Waals surface area contributed by atoms with Gasteiger partial charge in [0.05, 0.1) is 12.2 Å². The number of nitrogens with one attached hydrogen (secondary N) is 1. The average molecular weight is 263 g/mol. The normalized spacial score (nSPS) is 24.9. The van der Waals surface area contributed by atoms with Crippen LogP contribution in [0.1, 0.15) is 22.5 Å². The maximum absolute atomic E-state index is 12.4. The van der Waals surface area contributed by atoms with Crippen molar-refractivity contribution in [3.05, 3.63) is 23.5 Å². The summed E-state index contributed by atoms with van der Waals surface area (Å²) < 4.78 is 5.43. The lowest BCUT2D eigenvalue weighted by Gasteiger charge is -2.37. The van der Waals surface area contributed by atoms with E-state index in [4.69, 9.17) is 4.74 Å². The zero-order valence-corrected chi connectivity index (χ0v) is 11.4. The summed E-state index contributed by atoms with van der Waals surface area (Å²) >= 11 is 0. The topological polar surface area (TPSA) is 48.6 Å². The van der Waals surface area contributed by atoms with Crippen molar-refractivity contribution in [1.29, 1.82) is 0 Å². The van der Waals surface area contributed by atoms with Crippen molar-refractivity contribution >= 4 is 5.91 Å². The molecule has 0 saturated carbocycles. The summed E-state index contributed by atoms with van der Waals surface area (Å²) in [5, 5.41) is 0. The van der Waals surface area contributed by atoms with Crippen LogP contribution in [0.4, 0.5) is 0 Å². The maximum atomic E-state index is 12.4. The maximum Gasteiger partial charge on any atom is 0.255 e. The molecule has 2 saturated heterocycles. The van der Waals surface area contributed by atoms with Crippen LogP contribution in [-0.2, 0) is 4.74 Å². The fraction of sp³-hybridized carbons (Fsp3) is 0.643. The van der Waals surface area contributed by atoms with E-state index in [1.807, 2.05) is 24.1 Å². The van der Waals surface area contributed by atoms with Crippen molar-refractivity contribution in [3.63, 3.8) is 0 Å². The molecule has 2 fully saturated rings. The third kappa shape index (κ3) is 2.53. The quantitative estimate of drug-likeness (QED) is 0.861. The Morgan fingerprint density at radius 2 is 2.16 bits per heavy atom. The van der Waals surface area contributed by atoms with Crippen LogP contribution in [0, 0.1) is 6.92 Å². The molecule has 3 rings (SSSR count). The van der Waals surface area contributed by atoms with E-state index in [0.717, 1.165) is 57.1 Å². The van der Waals surface area contributed by atoms with Gasteiger partial charge in [-0.2, -0.15) is 0 Å². The van der Waals surface area contributed by atoms with Crippen LogP contribution >= 0.6 is 0 Å². The highest BCUT2D eigenvalue weighted by Crippen LogP contribution is 2.17. The fourth-order valence-corrected chi connectivity index (χ4v) is 2.96. The second-order valence-electron chi connectivity index (χ2n) is 5.36. The molecule has 2 aliphatic heterocycles. The van der Waals surface area contributed by atoms with Gasteiger partial charge in [-0.15, -0.1) is 0 Å². The lowest BCUT2D eigenvalue weighted by Crippen LogP contribution is -2.52. The van der Waals surface area contributed by atoms with E-state index in [1.54, 1.807) is 0 Å². The van der Waals surface area contributed by atoms with Gasteiger partial charge in [-0.3, -0.25) is 9.69 Å². The number of aromatic nitrogens is 1. The summed E-state index contributed by atoms with van der Waals surface area (Å²) in [6, 6.07) is 2.43. The Kier molecular flexibility index (Phi) is 3.57. The van der Waals surface area contributed by atoms with Crippen LogP contribution in [-0.4, -0.2) is 66.1 Å². The van der Waals surface area contributed by atoms with Crippen molar-refractivity contribution in [2.45, 2.75) is 19.4 Å². The fourth-order valence-electron chi connectivity index (χ4n) is 2.96. The number of piperazine rings is 1. The van der Waals surface area contributed by atoms with E-state index in [0.29, 0.717) is 6.04 Å². The summed E-state index contributed by atoms with van der Waals surface area (Å²) in [5.41, 5.74) is 1.76. The Hall–Kier alpha value is -1.33. The second-order valence-corrected chi connectivity index (χ2v) is 5.36. The number of amides is 1. The van der Waals surface area contributed by atoms with Gasteiger partial charge in [-0.1, -0.05) is 0 Å². The molecule has 0 radical (unpaired) electrons. The van der Waals surface area contributed by atoms with Crippen molar-refractivity contribution in [3.8, 4) is 0 Å². The number of aryl methyl sites for hydroxylation is 1. The molecule has 5 heteroatoms. The monoisotopic (exact) mass is 263 g/mol. The number of carbonyl (C=O) groups excluding carboxylic acids is 1. The summed E-state index contributed by atoms with van der Waals surface area (Å²) in [6.45, 7) is 7.24. The summed E-state index contributed by atoms with van der Waals surface area (Å²) in [5.74, 6) is 0.154. The molecule has 104 valence electrons. The van der Waals surface area contributed by atoms with Crippen molar-refractivity contribution in [2.75, 3.05) is 39.4 Å². The number of aromatic amines is 1. The molecule has 1 aromatic heterocycles. The Balaban J connectivity index is 1.58. The molecule has 1 atom stereocenters. The Bertz CT molecular complexity index is 443. The van der Waals surface area contributed by atoms with Crippen LogP contribution in [0.15, 0.2) is 12.3 Å². The first-order chi connectivity index (χ1) is 9.25. The molecule has 0 spiro atoms. The zero-order valence-electron chi connectivity index (χ0n) is 11.4. The Morgan fingerprint density at radius 1 is 1.37 bits per heavy atom. The third-order valence-electron chi connectivity index (χ3n) is 4.21. The molecule has 1 unspecified atom stereocenters. The van der Waals surface area contributed by atoms with E-state index in [9.17, 15) is 4.79 Å². The molecular formula is C14H21N3O2. The van der Waals surface area contributed by atoms with Gasteiger partial charge in [0.1, 0.15) is 0 Å². The number of nitrogens with zero attached hydrogens (tertiary/aromatic N) is 2. The van der Waals surface area contributed by atoms with Gasteiger partial charge in [-0.25, -0.2) is 0 Å². The predicted molar refractivity (Wildman–Crippen MR) is 72.2 cm³/mol. The Labute approximate surface area is 113 Å². The standard InChI is InChI=1S/C14H21N3O2/c1-11-13(2-4-15-11)14(18)17-7-5-16(6-8-17)12-3-9-19-10-12/h2,4,12,15H,3,5-10H2,1H3. The SMILES string of the molecule is Cc1[nH]ccc1C(=O)N1CCN(C2CCOC2)CC1. The van der Waals surface area contributed by atoms with Crippen LogP contribution in [0.3, 0.4) is 0 Å². The highest BCUT2D eigenvalue weighted by atomic mass is 16.5. The van der Waals surface area contributed by atoms with Gasteiger partial charge >= 0.3 is 0 Å². The van der Waals surface area contributed by atoms with Crippen molar-refractivity contribution < 1.29 is 9.53 Å². The van der Waals surface area contributed by atoms with E-state index in [1.165, 1.54) is 0 Å². The van der Waals surface area contributed by atoms with Gasteiger partial charge in [0.25, 0.3) is 5.91 Å². The van der Waals surface area contributed by atoms with Gasteiger partial charge in [-0.05, 0) is 19.4 Å². The lowest BCUT2D eigenvalue weighted by atomic mass is 10.1. The molecular weight excluding hydrogens is 242 g/mol. The molecule has 0 aliphatic carbocycles. The Morgan fingerprint density at radius 3 is 2.74 bits per heavy atom. The number of hydrogen-bond donors (Lipinski definition) is 1. The van der Waals surface area contributed by atoms with E-state index >= 15 is 0 Å². The van der Waals surface area contributed by atoms with Crippen LogP contribution in [0.5, 0.6) is 0 Å². The van der Waals surface area contributed by atoms with Crippen molar-refractivity contribution in [1.82, 2.24) is 14.8 Å². The van der Waals surface area contributed by atoms with Gasteiger partial charge in [0.2, 0.25) is 0 Å². The molecule has 0 bridgehead atoms. The molecule has 19 heavy (non-hydrogen) atoms. The first-order valence-corrected chi connectivity index (χ1v) is 7.01. The molecule has 1 amide bonds. The van der Waals surface area contributed by atoms with Crippen LogP contribution < -0.4 is 0 Å². The molecule has 3 heterocycles. The van der Waals surface area contributed by atoms with Gasteiger partial charge in [0.15, 0.2) is 0 Å². The first kappa shape index (κ1) is 12.7. The molecule has 0 aromatic carbocycles. The highest BCUT2D eigenvalue weighted by Gasteiger charge is 2.29. The zero-order chi connectivity index (χ0) is 13.2. The first-order valence-electron chi connectivity index (χ1n) is 7.01. The minimum atomic E-state index is 0.154.